The van der Waals surface area contributed by atoms with Gasteiger partial charge in [0.25, 0.3) is 0 Å². The molecule has 1 aliphatic rings. The molecule has 1 heteroatoms. The van der Waals surface area contributed by atoms with Gasteiger partial charge in [-0.05, 0) is 50.3 Å². The molecule has 0 nitrogen and oxygen atoms in total. The average molecular weight is 419 g/mol. The summed E-state index contributed by atoms with van der Waals surface area (Å²) in [5, 5.41) is 9.19. The highest BCUT2D eigenvalue weighted by atomic mass is 28.3. The minimum atomic E-state index is -2.36. The van der Waals surface area contributed by atoms with Crippen LogP contribution in [0.25, 0.3) is 16.3 Å². The highest BCUT2D eigenvalue weighted by Crippen LogP contribution is 2.40. The smallest absolute Gasteiger partial charge is 0.0651 e. The summed E-state index contributed by atoms with van der Waals surface area (Å²) in [6.07, 6.45) is 4.66. The third kappa shape index (κ3) is 3.03. The molecule has 1 heterocycles. The van der Waals surface area contributed by atoms with Gasteiger partial charge in [-0.2, -0.15) is 0 Å². The summed E-state index contributed by atoms with van der Waals surface area (Å²) in [5.41, 5.74) is 3.10. The SMILES string of the molecule is CCCC1=C(CCC)[Si](c2ccccc2)(c2ccccc2)c2cccc3cccc1c23. The predicted molar refractivity (Wildman–Crippen MR) is 138 cm³/mol. The molecule has 0 saturated carbocycles. The molecule has 0 aromatic heterocycles. The largest absolute Gasteiger partial charge is 0.176 e. The molecular weight excluding hydrogens is 388 g/mol. The fraction of sp³-hybridized carbons (Fsp3) is 0.200. The monoisotopic (exact) mass is 418 g/mol. The third-order valence-corrected chi connectivity index (χ3v) is 11.9. The Bertz CT molecular complexity index is 1190. The number of benzene rings is 4. The van der Waals surface area contributed by atoms with E-state index in [2.05, 4.69) is 111 Å². The van der Waals surface area contributed by atoms with Gasteiger partial charge in [0.2, 0.25) is 0 Å². The van der Waals surface area contributed by atoms with Crippen molar-refractivity contribution in [3.05, 3.63) is 108 Å². The zero-order chi connectivity index (χ0) is 21.3. The Morgan fingerprint density at radius 1 is 0.581 bits per heavy atom. The second kappa shape index (κ2) is 8.32. The van der Waals surface area contributed by atoms with E-state index in [0.29, 0.717) is 0 Å². The molecule has 0 fully saturated rings. The van der Waals surface area contributed by atoms with Gasteiger partial charge >= 0.3 is 0 Å². The van der Waals surface area contributed by atoms with Gasteiger partial charge in [-0.25, -0.2) is 0 Å². The molecule has 0 N–H and O–H groups in total. The summed E-state index contributed by atoms with van der Waals surface area (Å²) in [5.74, 6) is 0. The summed E-state index contributed by atoms with van der Waals surface area (Å²) in [4.78, 5) is 0. The van der Waals surface area contributed by atoms with Crippen LogP contribution in [0, 0.1) is 0 Å². The summed E-state index contributed by atoms with van der Waals surface area (Å²) < 4.78 is 0. The van der Waals surface area contributed by atoms with E-state index in [0.717, 1.165) is 12.8 Å². The minimum absolute atomic E-state index is 1.15. The van der Waals surface area contributed by atoms with Crippen LogP contribution in [0.3, 0.4) is 0 Å². The van der Waals surface area contributed by atoms with E-state index in [-0.39, 0.29) is 0 Å². The van der Waals surface area contributed by atoms with E-state index in [1.165, 1.54) is 39.6 Å². The standard InChI is InChI=1S/C30H30Si/c1-3-13-26-27-21-11-15-23-16-12-22-29(30(23)27)31(28(26)14-4-2,24-17-7-5-8-18-24)25-19-9-6-10-20-25/h5-12,15-22H,3-4,13-14H2,1-2H3. The van der Waals surface area contributed by atoms with Crippen LogP contribution in [0.2, 0.25) is 0 Å². The summed E-state index contributed by atoms with van der Waals surface area (Å²) in [6, 6.07) is 36.8. The predicted octanol–water partition coefficient (Wildman–Crippen LogP) is 6.22. The number of rotatable bonds is 6. The van der Waals surface area contributed by atoms with E-state index in [4.69, 9.17) is 0 Å². The van der Waals surface area contributed by atoms with Gasteiger partial charge in [0.05, 0.1) is 0 Å². The van der Waals surface area contributed by atoms with Gasteiger partial charge in [-0.1, -0.05) is 129 Å². The van der Waals surface area contributed by atoms with Crippen molar-refractivity contribution in [3.8, 4) is 0 Å². The van der Waals surface area contributed by atoms with Crippen molar-refractivity contribution in [2.24, 2.45) is 0 Å². The van der Waals surface area contributed by atoms with Crippen LogP contribution >= 0.6 is 0 Å². The van der Waals surface area contributed by atoms with Crippen molar-refractivity contribution >= 4 is 40.0 Å². The number of allylic oxidation sites excluding steroid dienone is 2. The van der Waals surface area contributed by atoms with E-state index in [1.54, 1.807) is 16.0 Å². The van der Waals surface area contributed by atoms with Crippen molar-refractivity contribution in [2.45, 2.75) is 39.5 Å². The van der Waals surface area contributed by atoms with Crippen LogP contribution in [0.1, 0.15) is 45.1 Å². The number of hydrogen-bond acceptors (Lipinski definition) is 0. The van der Waals surface area contributed by atoms with Crippen molar-refractivity contribution in [2.75, 3.05) is 0 Å². The number of hydrogen-bond donors (Lipinski definition) is 0. The first-order valence-corrected chi connectivity index (χ1v) is 13.7. The molecule has 0 amide bonds. The quantitative estimate of drug-likeness (QED) is 0.326. The lowest BCUT2D eigenvalue weighted by Crippen LogP contribution is -2.70. The molecule has 0 spiro atoms. The first-order valence-electron chi connectivity index (χ1n) is 11.7. The fourth-order valence-corrected chi connectivity index (χ4v) is 11.5. The van der Waals surface area contributed by atoms with Gasteiger partial charge < -0.3 is 0 Å². The zero-order valence-corrected chi connectivity index (χ0v) is 19.6. The topological polar surface area (TPSA) is 0 Å². The normalized spacial score (nSPS) is 14.8. The molecule has 4 aromatic rings. The van der Waals surface area contributed by atoms with Crippen LogP contribution in [-0.2, 0) is 0 Å². The van der Waals surface area contributed by atoms with Crippen molar-refractivity contribution < 1.29 is 0 Å². The van der Waals surface area contributed by atoms with E-state index in [9.17, 15) is 0 Å². The lowest BCUT2D eigenvalue weighted by Gasteiger charge is -2.42. The van der Waals surface area contributed by atoms with Gasteiger partial charge in [-0.3, -0.25) is 0 Å². The lowest BCUT2D eigenvalue weighted by molar-refractivity contribution is 0.916. The molecule has 154 valence electrons. The van der Waals surface area contributed by atoms with Crippen LogP contribution in [0.4, 0.5) is 0 Å². The second-order valence-corrected chi connectivity index (χ2v) is 12.4. The molecule has 0 unspecified atom stereocenters. The molecular formula is C30H30Si. The second-order valence-electron chi connectivity index (χ2n) is 8.65. The zero-order valence-electron chi connectivity index (χ0n) is 18.6. The first-order chi connectivity index (χ1) is 15.3. The van der Waals surface area contributed by atoms with Crippen molar-refractivity contribution in [3.63, 3.8) is 0 Å². The highest BCUT2D eigenvalue weighted by molar-refractivity contribution is 7.18. The van der Waals surface area contributed by atoms with E-state index >= 15 is 0 Å². The Morgan fingerprint density at radius 3 is 1.74 bits per heavy atom. The van der Waals surface area contributed by atoms with Gasteiger partial charge in [0, 0.05) is 0 Å². The summed E-state index contributed by atoms with van der Waals surface area (Å²) >= 11 is 0. The Morgan fingerprint density at radius 2 is 1.16 bits per heavy atom. The highest BCUT2D eigenvalue weighted by Gasteiger charge is 2.47. The van der Waals surface area contributed by atoms with Crippen LogP contribution in [0.15, 0.2) is 102 Å². The maximum absolute atomic E-state index is 2.44. The Hall–Kier alpha value is -2.90. The van der Waals surface area contributed by atoms with Gasteiger partial charge in [0.1, 0.15) is 0 Å². The minimum Gasteiger partial charge on any atom is -0.0651 e. The molecule has 1 aliphatic heterocycles. The fourth-order valence-electron chi connectivity index (χ4n) is 5.78. The maximum atomic E-state index is 2.44. The molecule has 0 saturated heterocycles. The molecule has 31 heavy (non-hydrogen) atoms. The molecule has 5 rings (SSSR count). The van der Waals surface area contributed by atoms with E-state index < -0.39 is 8.07 Å². The average Bonchev–Trinajstić information content (AvgIpc) is 2.83. The maximum Gasteiger partial charge on any atom is 0.176 e. The molecule has 0 radical (unpaired) electrons. The summed E-state index contributed by atoms with van der Waals surface area (Å²) in [6.45, 7) is 4.66. The van der Waals surface area contributed by atoms with Crippen molar-refractivity contribution in [1.82, 2.24) is 0 Å². The van der Waals surface area contributed by atoms with Crippen molar-refractivity contribution in [1.29, 1.82) is 0 Å². The molecule has 0 aliphatic carbocycles. The Balaban J connectivity index is 2.02. The Kier molecular flexibility index (Phi) is 5.37. The van der Waals surface area contributed by atoms with Gasteiger partial charge in [0.15, 0.2) is 8.07 Å². The summed E-state index contributed by atoms with van der Waals surface area (Å²) in [7, 11) is -2.36. The van der Waals surface area contributed by atoms with Gasteiger partial charge in [-0.15, -0.1) is 0 Å². The van der Waals surface area contributed by atoms with Crippen LogP contribution < -0.4 is 15.6 Å². The molecule has 0 bridgehead atoms. The third-order valence-electron chi connectivity index (χ3n) is 6.86. The Labute approximate surface area is 187 Å². The molecule has 4 aromatic carbocycles. The molecule has 0 atom stereocenters. The lowest BCUT2D eigenvalue weighted by atomic mass is 9.93. The van der Waals surface area contributed by atoms with Crippen LogP contribution in [0.5, 0.6) is 0 Å². The first kappa shape index (κ1) is 20.0. The van der Waals surface area contributed by atoms with E-state index in [1.807, 2.05) is 0 Å². The van der Waals surface area contributed by atoms with Crippen LogP contribution in [-0.4, -0.2) is 8.07 Å².